The van der Waals surface area contributed by atoms with Gasteiger partial charge in [-0.1, -0.05) is 6.92 Å². The van der Waals surface area contributed by atoms with E-state index in [0.717, 1.165) is 36.1 Å². The van der Waals surface area contributed by atoms with Crippen LogP contribution in [0.4, 0.5) is 0 Å². The normalized spacial score (nSPS) is 15.1. The zero-order chi connectivity index (χ0) is 13.2. The monoisotopic (exact) mass is 293 g/mol. The number of nitrogens with one attached hydrogen (secondary N) is 1. The molecule has 0 spiro atoms. The van der Waals surface area contributed by atoms with E-state index in [-0.39, 0.29) is 0 Å². The lowest BCUT2D eigenvalue weighted by Gasteiger charge is -2.00. The molecule has 1 fully saturated rings. The first kappa shape index (κ1) is 13.2. The van der Waals surface area contributed by atoms with Gasteiger partial charge in [-0.3, -0.25) is 0 Å². The molecule has 1 saturated carbocycles. The van der Waals surface area contributed by atoms with E-state index in [1.54, 1.807) is 11.3 Å². The minimum absolute atomic E-state index is 0.732. The average molecular weight is 293 g/mol. The fourth-order valence-electron chi connectivity index (χ4n) is 2.17. The fourth-order valence-corrected chi connectivity index (χ4v) is 3.93. The van der Waals surface area contributed by atoms with E-state index in [4.69, 9.17) is 4.98 Å². The second-order valence-electron chi connectivity index (χ2n) is 5.01. The minimum Gasteiger partial charge on any atom is -0.312 e. The summed E-state index contributed by atoms with van der Waals surface area (Å²) in [5.74, 6) is 0.732. The van der Waals surface area contributed by atoms with Gasteiger partial charge in [-0.05, 0) is 26.3 Å². The Bertz CT molecular complexity index is 555. The van der Waals surface area contributed by atoms with Crippen LogP contribution < -0.4 is 5.32 Å². The molecule has 102 valence electrons. The van der Waals surface area contributed by atoms with Crippen LogP contribution in [0.5, 0.6) is 0 Å². The van der Waals surface area contributed by atoms with E-state index in [1.165, 1.54) is 28.4 Å². The smallest absolute Gasteiger partial charge is 0.0991 e. The van der Waals surface area contributed by atoms with Crippen molar-refractivity contribution in [2.24, 2.45) is 0 Å². The van der Waals surface area contributed by atoms with Gasteiger partial charge in [0.1, 0.15) is 0 Å². The lowest BCUT2D eigenvalue weighted by Crippen LogP contribution is -2.11. The van der Waals surface area contributed by atoms with Gasteiger partial charge in [-0.25, -0.2) is 9.97 Å². The number of rotatable bonds is 6. The van der Waals surface area contributed by atoms with Crippen molar-refractivity contribution in [2.45, 2.75) is 45.6 Å². The molecule has 1 N–H and O–H groups in total. The number of hydrogen-bond donors (Lipinski definition) is 1. The van der Waals surface area contributed by atoms with Crippen molar-refractivity contribution in [1.29, 1.82) is 0 Å². The third-order valence-corrected chi connectivity index (χ3v) is 5.16. The van der Waals surface area contributed by atoms with Crippen molar-refractivity contribution in [2.75, 3.05) is 6.54 Å². The van der Waals surface area contributed by atoms with E-state index in [0.29, 0.717) is 0 Å². The Labute approximate surface area is 122 Å². The Hall–Kier alpha value is -0.780. The van der Waals surface area contributed by atoms with E-state index >= 15 is 0 Å². The van der Waals surface area contributed by atoms with Gasteiger partial charge in [0.05, 0.1) is 21.4 Å². The minimum atomic E-state index is 0.732. The third-order valence-electron chi connectivity index (χ3n) is 3.27. The predicted molar refractivity (Wildman–Crippen MR) is 81.1 cm³/mol. The van der Waals surface area contributed by atoms with Crippen LogP contribution >= 0.6 is 22.7 Å². The summed E-state index contributed by atoms with van der Waals surface area (Å²) >= 11 is 3.58. The molecule has 2 aromatic rings. The van der Waals surface area contributed by atoms with Crippen molar-refractivity contribution in [1.82, 2.24) is 15.3 Å². The lowest BCUT2D eigenvalue weighted by molar-refractivity contribution is 0.726. The summed E-state index contributed by atoms with van der Waals surface area (Å²) in [7, 11) is 0. The van der Waals surface area contributed by atoms with Gasteiger partial charge in [0.2, 0.25) is 0 Å². The van der Waals surface area contributed by atoms with Gasteiger partial charge in [0.15, 0.2) is 0 Å². The summed E-state index contributed by atoms with van der Waals surface area (Å²) in [5.41, 5.74) is 2.52. The van der Waals surface area contributed by atoms with E-state index in [1.807, 2.05) is 11.3 Å². The molecular formula is C14H19N3S2. The second kappa shape index (κ2) is 5.69. The molecule has 0 aromatic carbocycles. The molecule has 1 aliphatic rings. The first-order valence-corrected chi connectivity index (χ1v) is 8.56. The summed E-state index contributed by atoms with van der Waals surface area (Å²) in [6, 6.07) is 0. The Morgan fingerprint density at radius 2 is 2.21 bits per heavy atom. The second-order valence-corrected chi connectivity index (χ2v) is 7.24. The molecule has 0 aliphatic heterocycles. The van der Waals surface area contributed by atoms with Crippen LogP contribution in [-0.2, 0) is 13.0 Å². The van der Waals surface area contributed by atoms with Gasteiger partial charge >= 0.3 is 0 Å². The van der Waals surface area contributed by atoms with Crippen LogP contribution in [0.25, 0.3) is 0 Å². The summed E-state index contributed by atoms with van der Waals surface area (Å²) in [6.07, 6.45) is 3.52. The van der Waals surface area contributed by atoms with Gasteiger partial charge < -0.3 is 5.32 Å². The van der Waals surface area contributed by atoms with Gasteiger partial charge in [-0.15, -0.1) is 22.7 Å². The van der Waals surface area contributed by atoms with Crippen molar-refractivity contribution in [3.05, 3.63) is 31.7 Å². The molecule has 0 amide bonds. The molecule has 0 radical (unpaired) electrons. The summed E-state index contributed by atoms with van der Waals surface area (Å²) in [5, 5.41) is 7.94. The van der Waals surface area contributed by atoms with Gasteiger partial charge in [-0.2, -0.15) is 0 Å². The van der Waals surface area contributed by atoms with Crippen molar-refractivity contribution in [3.8, 4) is 0 Å². The number of aryl methyl sites for hydroxylation is 1. The van der Waals surface area contributed by atoms with Crippen LogP contribution in [0.2, 0.25) is 0 Å². The molecule has 3 rings (SSSR count). The zero-order valence-corrected chi connectivity index (χ0v) is 13.0. The topological polar surface area (TPSA) is 37.8 Å². The van der Waals surface area contributed by atoms with E-state index in [9.17, 15) is 0 Å². The van der Waals surface area contributed by atoms with Crippen LogP contribution in [0, 0.1) is 6.92 Å². The number of nitrogens with zero attached hydrogens (tertiary/aromatic N) is 2. The summed E-state index contributed by atoms with van der Waals surface area (Å²) in [4.78, 5) is 10.8. The Morgan fingerprint density at radius 3 is 2.84 bits per heavy atom. The van der Waals surface area contributed by atoms with Crippen molar-refractivity contribution < 1.29 is 0 Å². The fraction of sp³-hybridized carbons (Fsp3) is 0.571. The molecule has 19 heavy (non-hydrogen) atoms. The number of hydrogen-bond acceptors (Lipinski definition) is 5. The summed E-state index contributed by atoms with van der Waals surface area (Å²) in [6.45, 7) is 6.19. The maximum absolute atomic E-state index is 4.87. The predicted octanol–water partition coefficient (Wildman–Crippen LogP) is 3.49. The lowest BCUT2D eigenvalue weighted by atomic mass is 10.2. The van der Waals surface area contributed by atoms with E-state index in [2.05, 4.69) is 29.5 Å². The quantitative estimate of drug-likeness (QED) is 0.886. The molecule has 1 aliphatic carbocycles. The van der Waals surface area contributed by atoms with Crippen molar-refractivity contribution in [3.63, 3.8) is 0 Å². The van der Waals surface area contributed by atoms with Gasteiger partial charge in [0.25, 0.3) is 0 Å². The first-order valence-electron chi connectivity index (χ1n) is 6.86. The standard InChI is InChI=1S/C14H19N3S2/c1-3-15-7-12-14(10-4-5-10)17-13(19-12)6-11-8-18-9(2)16-11/h8,10,15H,3-7H2,1-2H3. The van der Waals surface area contributed by atoms with Crippen LogP contribution in [0.3, 0.4) is 0 Å². The Kier molecular flexibility index (Phi) is 3.96. The molecule has 0 bridgehead atoms. The number of aromatic nitrogens is 2. The largest absolute Gasteiger partial charge is 0.312 e. The molecule has 0 saturated heterocycles. The zero-order valence-electron chi connectivity index (χ0n) is 11.4. The van der Waals surface area contributed by atoms with Crippen molar-refractivity contribution >= 4 is 22.7 Å². The highest BCUT2D eigenvalue weighted by Crippen LogP contribution is 2.42. The van der Waals surface area contributed by atoms with Crippen LogP contribution in [0.15, 0.2) is 5.38 Å². The molecule has 5 heteroatoms. The highest BCUT2D eigenvalue weighted by molar-refractivity contribution is 7.11. The number of thiazole rings is 2. The maximum atomic E-state index is 4.87. The Morgan fingerprint density at radius 1 is 1.37 bits per heavy atom. The van der Waals surface area contributed by atoms with E-state index < -0.39 is 0 Å². The SMILES string of the molecule is CCNCc1sc(Cc2csc(C)n2)nc1C1CC1. The van der Waals surface area contributed by atoms with Crippen LogP contribution in [0.1, 0.15) is 52.0 Å². The molecule has 2 aromatic heterocycles. The molecule has 3 nitrogen and oxygen atoms in total. The third kappa shape index (κ3) is 3.22. The first-order chi connectivity index (χ1) is 9.26. The highest BCUT2D eigenvalue weighted by Gasteiger charge is 2.29. The average Bonchev–Trinajstić information content (AvgIpc) is 3.05. The summed E-state index contributed by atoms with van der Waals surface area (Å²) < 4.78 is 0. The van der Waals surface area contributed by atoms with Gasteiger partial charge in [0, 0.05) is 29.1 Å². The maximum Gasteiger partial charge on any atom is 0.0991 e. The Balaban J connectivity index is 1.77. The molecule has 0 unspecified atom stereocenters. The van der Waals surface area contributed by atoms with Crippen LogP contribution in [-0.4, -0.2) is 16.5 Å². The molecule has 0 atom stereocenters. The molecule has 2 heterocycles. The molecular weight excluding hydrogens is 274 g/mol. The highest BCUT2D eigenvalue weighted by atomic mass is 32.1.